The van der Waals surface area contributed by atoms with Gasteiger partial charge in [-0.25, -0.2) is 0 Å². The van der Waals surface area contributed by atoms with Gasteiger partial charge >= 0.3 is 6.08 Å². The van der Waals surface area contributed by atoms with Crippen molar-refractivity contribution >= 4 is 11.6 Å². The minimum Gasteiger partial charge on any atom is -0.494 e. The van der Waals surface area contributed by atoms with Gasteiger partial charge in [0.1, 0.15) is 25.7 Å². The van der Waals surface area contributed by atoms with E-state index in [1.807, 2.05) is 0 Å². The zero-order valence-electron chi connectivity index (χ0n) is 5.90. The van der Waals surface area contributed by atoms with E-state index in [0.717, 1.165) is 0 Å². The fourth-order valence-corrected chi connectivity index (χ4v) is 0.403. The molecule has 0 saturated heterocycles. The fraction of sp³-hybridized carbons (Fsp3) is 0.333. The number of rotatable bonds is 5. The molecule has 70 valence electrons. The van der Waals surface area contributed by atoms with Crippen molar-refractivity contribution in [3.05, 3.63) is 23.9 Å². The Hall–Kier alpha value is -0.840. The first kappa shape index (κ1) is 11.2. The van der Waals surface area contributed by atoms with Crippen LogP contribution in [0.1, 0.15) is 0 Å². The number of hydrogen-bond donors (Lipinski definition) is 0. The second-order valence-electron chi connectivity index (χ2n) is 1.56. The topological polar surface area (TPSA) is 18.5 Å². The summed E-state index contributed by atoms with van der Waals surface area (Å²) in [6.45, 7) is -0.151. The number of halogens is 4. The Morgan fingerprint density at radius 1 is 1.08 bits per heavy atom. The summed E-state index contributed by atoms with van der Waals surface area (Å²) in [6, 6.07) is 0. The molecule has 0 aromatic heterocycles. The molecule has 0 bridgehead atoms. The molecule has 0 N–H and O–H groups in total. The van der Waals surface area contributed by atoms with Crippen LogP contribution in [0, 0.1) is 0 Å². The molecule has 0 amide bonds. The summed E-state index contributed by atoms with van der Waals surface area (Å²) in [7, 11) is 0. The van der Waals surface area contributed by atoms with Gasteiger partial charge in [0.2, 0.25) is 5.29 Å². The highest BCUT2D eigenvalue weighted by atomic mass is 35.5. The number of hydrogen-bond acceptors (Lipinski definition) is 2. The Morgan fingerprint density at radius 2 is 1.58 bits per heavy atom. The van der Waals surface area contributed by atoms with Gasteiger partial charge in [-0.2, -0.15) is 13.2 Å². The average molecular weight is 203 g/mol. The van der Waals surface area contributed by atoms with E-state index in [1.54, 1.807) is 0 Å². The fourth-order valence-electron chi connectivity index (χ4n) is 0.340. The van der Waals surface area contributed by atoms with E-state index in [9.17, 15) is 13.2 Å². The molecule has 0 aromatic carbocycles. The lowest BCUT2D eigenvalue weighted by Crippen LogP contribution is -1.96. The Morgan fingerprint density at radius 3 is 2.00 bits per heavy atom. The summed E-state index contributed by atoms with van der Waals surface area (Å²) in [5.41, 5.74) is 0. The normalized spacial score (nSPS) is 10.8. The molecule has 0 spiro atoms. The van der Waals surface area contributed by atoms with Crippen LogP contribution in [-0.2, 0) is 9.47 Å². The van der Waals surface area contributed by atoms with Gasteiger partial charge in [0.25, 0.3) is 0 Å². The lowest BCUT2D eigenvalue weighted by atomic mass is 10.8. The van der Waals surface area contributed by atoms with Crippen molar-refractivity contribution in [1.82, 2.24) is 0 Å². The molecule has 2 nitrogen and oxygen atoms in total. The van der Waals surface area contributed by atoms with Crippen LogP contribution in [-0.4, -0.2) is 13.2 Å². The van der Waals surface area contributed by atoms with Crippen LogP contribution < -0.4 is 0 Å². The molecule has 6 heteroatoms. The van der Waals surface area contributed by atoms with E-state index < -0.39 is 11.4 Å². The second kappa shape index (κ2) is 6.84. The molecule has 0 aliphatic carbocycles. The smallest absolute Gasteiger partial charge is 0.304 e. The number of ether oxygens (including phenoxy) is 2. The molecule has 0 aliphatic rings. The van der Waals surface area contributed by atoms with Crippen molar-refractivity contribution in [3.63, 3.8) is 0 Å². The van der Waals surface area contributed by atoms with Crippen molar-refractivity contribution in [3.8, 4) is 0 Å². The maximum atomic E-state index is 11.7. The molecular formula is C6H6ClF3O2. The third-order valence-corrected chi connectivity index (χ3v) is 0.753. The van der Waals surface area contributed by atoms with E-state index >= 15 is 0 Å². The zero-order chi connectivity index (χ0) is 9.40. The Kier molecular flexibility index (Phi) is 6.37. The van der Waals surface area contributed by atoms with E-state index in [-0.39, 0.29) is 19.5 Å². The summed E-state index contributed by atoms with van der Waals surface area (Å²) in [5.74, 6) is 0. The quantitative estimate of drug-likeness (QED) is 0.504. The van der Waals surface area contributed by atoms with Crippen molar-refractivity contribution in [2.45, 2.75) is 0 Å². The first-order valence-electron chi connectivity index (χ1n) is 2.88. The van der Waals surface area contributed by atoms with Gasteiger partial charge in [-0.3, -0.25) is 0 Å². The zero-order valence-corrected chi connectivity index (χ0v) is 6.65. The highest BCUT2D eigenvalue weighted by molar-refractivity contribution is 6.27. The van der Waals surface area contributed by atoms with Crippen LogP contribution in [0.2, 0.25) is 0 Å². The van der Waals surface area contributed by atoms with Gasteiger partial charge in [0.15, 0.2) is 0 Å². The van der Waals surface area contributed by atoms with Gasteiger partial charge in [0.05, 0.1) is 0 Å². The lowest BCUT2D eigenvalue weighted by molar-refractivity contribution is 0.140. The first-order valence-corrected chi connectivity index (χ1v) is 3.26. The molecule has 0 heterocycles. The summed E-state index contributed by atoms with van der Waals surface area (Å²) in [5, 5.41) is -1.01. The molecule has 0 radical (unpaired) electrons. The largest absolute Gasteiger partial charge is 0.494 e. The molecule has 12 heavy (non-hydrogen) atoms. The molecule has 0 saturated carbocycles. The average Bonchev–Trinajstić information content (AvgIpc) is 1.95. The summed E-state index contributed by atoms with van der Waals surface area (Å²) >= 11 is 4.74. The summed E-state index contributed by atoms with van der Waals surface area (Å²) in [6.07, 6.45) is -1.00. The minimum atomic E-state index is -1.94. The van der Waals surface area contributed by atoms with E-state index in [0.29, 0.717) is 6.26 Å². The monoisotopic (exact) mass is 202 g/mol. The third kappa shape index (κ3) is 9.16. The second-order valence-corrected chi connectivity index (χ2v) is 1.92. The molecule has 0 aliphatic heterocycles. The molecule has 0 fully saturated rings. The molecule has 0 unspecified atom stereocenters. The van der Waals surface area contributed by atoms with Crippen LogP contribution in [0.4, 0.5) is 13.2 Å². The predicted molar refractivity (Wildman–Crippen MR) is 37.2 cm³/mol. The van der Waals surface area contributed by atoms with Crippen LogP contribution in [0.15, 0.2) is 23.9 Å². The van der Waals surface area contributed by atoms with Gasteiger partial charge in [0, 0.05) is 0 Å². The van der Waals surface area contributed by atoms with Crippen LogP contribution in [0.25, 0.3) is 0 Å². The molecule has 0 atom stereocenters. The minimum absolute atomic E-state index is 0.0517. The maximum absolute atomic E-state index is 11.7. The molecule has 0 rings (SSSR count). The SMILES string of the molecule is FC(F)=COCCO/C=C(/F)Cl. The van der Waals surface area contributed by atoms with Crippen LogP contribution in [0.5, 0.6) is 0 Å². The van der Waals surface area contributed by atoms with Gasteiger partial charge in [-0.15, -0.1) is 0 Å². The van der Waals surface area contributed by atoms with Gasteiger partial charge in [-0.1, -0.05) is 0 Å². The van der Waals surface area contributed by atoms with Crippen molar-refractivity contribution in [1.29, 1.82) is 0 Å². The van der Waals surface area contributed by atoms with Crippen molar-refractivity contribution in [2.24, 2.45) is 0 Å². The predicted octanol–water partition coefficient (Wildman–Crippen LogP) is 2.76. The standard InChI is InChI=1S/C6H6ClF3O2/c7-5(8)3-11-1-2-12-4-6(9)10/h3-4H,1-2H2/b5-3+. The van der Waals surface area contributed by atoms with Gasteiger partial charge < -0.3 is 9.47 Å². The summed E-state index contributed by atoms with van der Waals surface area (Å²) < 4.78 is 42.9. The Balaban J connectivity index is 3.23. The highest BCUT2D eigenvalue weighted by Crippen LogP contribution is 2.01. The van der Waals surface area contributed by atoms with Crippen molar-refractivity contribution < 1.29 is 22.6 Å². The van der Waals surface area contributed by atoms with E-state index in [4.69, 9.17) is 11.6 Å². The maximum Gasteiger partial charge on any atom is 0.304 e. The Bertz CT molecular complexity index is 154. The van der Waals surface area contributed by atoms with Gasteiger partial charge in [-0.05, 0) is 11.6 Å². The first-order chi connectivity index (χ1) is 5.63. The van der Waals surface area contributed by atoms with E-state index in [2.05, 4.69) is 9.47 Å². The third-order valence-electron chi connectivity index (χ3n) is 0.664. The highest BCUT2D eigenvalue weighted by Gasteiger charge is 1.89. The molecule has 0 aromatic rings. The van der Waals surface area contributed by atoms with Crippen LogP contribution >= 0.6 is 11.6 Å². The van der Waals surface area contributed by atoms with Crippen LogP contribution in [0.3, 0.4) is 0 Å². The van der Waals surface area contributed by atoms with Crippen molar-refractivity contribution in [2.75, 3.05) is 13.2 Å². The molecular weight excluding hydrogens is 197 g/mol. The lowest BCUT2D eigenvalue weighted by Gasteiger charge is -1.99. The Labute approximate surface area is 72.2 Å². The van der Waals surface area contributed by atoms with E-state index in [1.165, 1.54) is 0 Å². The summed E-state index contributed by atoms with van der Waals surface area (Å²) in [4.78, 5) is 0.